The summed E-state index contributed by atoms with van der Waals surface area (Å²) in [7, 11) is 0. The van der Waals surface area contributed by atoms with Crippen LogP contribution in [0.25, 0.3) is 0 Å². The van der Waals surface area contributed by atoms with Gasteiger partial charge in [-0.05, 0) is 32.3 Å². The van der Waals surface area contributed by atoms with Crippen molar-refractivity contribution in [1.82, 2.24) is 4.90 Å². The zero-order valence-electron chi connectivity index (χ0n) is 12.8. The van der Waals surface area contributed by atoms with Gasteiger partial charge in [-0.15, -0.1) is 0 Å². The van der Waals surface area contributed by atoms with E-state index in [2.05, 4.69) is 17.0 Å². The molecule has 3 rings (SSSR count). The maximum Gasteiger partial charge on any atom is 0.124 e. The van der Waals surface area contributed by atoms with Crippen molar-refractivity contribution < 1.29 is 9.47 Å². The molecule has 1 aromatic rings. The lowest BCUT2D eigenvalue weighted by molar-refractivity contribution is -0.0714. The zero-order chi connectivity index (χ0) is 14.7. The van der Waals surface area contributed by atoms with E-state index in [0.29, 0.717) is 25.3 Å². The van der Waals surface area contributed by atoms with Crippen molar-refractivity contribution >= 4 is 0 Å². The van der Waals surface area contributed by atoms with E-state index >= 15 is 0 Å². The van der Waals surface area contributed by atoms with E-state index in [1.54, 1.807) is 0 Å². The minimum atomic E-state index is 0.224. The second-order valence-electron chi connectivity index (χ2n) is 5.87. The van der Waals surface area contributed by atoms with Crippen molar-refractivity contribution in [3.63, 3.8) is 0 Å². The van der Waals surface area contributed by atoms with Gasteiger partial charge >= 0.3 is 0 Å². The molecule has 4 heteroatoms. The van der Waals surface area contributed by atoms with E-state index in [1.807, 2.05) is 19.1 Å². The molecule has 2 aliphatic rings. The maximum atomic E-state index is 6.15. The minimum absolute atomic E-state index is 0.224. The monoisotopic (exact) mass is 290 g/mol. The number of hydrogen-bond acceptors (Lipinski definition) is 4. The molecule has 1 aromatic carbocycles. The van der Waals surface area contributed by atoms with Crippen molar-refractivity contribution in [2.75, 3.05) is 26.3 Å². The van der Waals surface area contributed by atoms with Gasteiger partial charge in [0.25, 0.3) is 0 Å². The van der Waals surface area contributed by atoms with Crippen LogP contribution < -0.4 is 10.5 Å². The predicted octanol–water partition coefficient (Wildman–Crippen LogP) is 2.34. The Morgan fingerprint density at radius 1 is 1.38 bits per heavy atom. The SMILES string of the molecule is CCOc1ccccc1C(CN)N1CCOC2CCCC21. The Morgan fingerprint density at radius 2 is 2.24 bits per heavy atom. The van der Waals surface area contributed by atoms with E-state index in [1.165, 1.54) is 24.8 Å². The summed E-state index contributed by atoms with van der Waals surface area (Å²) in [5.74, 6) is 0.969. The summed E-state index contributed by atoms with van der Waals surface area (Å²) in [6.07, 6.45) is 4.06. The average molecular weight is 290 g/mol. The van der Waals surface area contributed by atoms with Gasteiger partial charge in [0.1, 0.15) is 5.75 Å². The first kappa shape index (κ1) is 14.8. The van der Waals surface area contributed by atoms with Gasteiger partial charge in [-0.3, -0.25) is 4.90 Å². The van der Waals surface area contributed by atoms with Gasteiger partial charge in [0.05, 0.1) is 25.4 Å². The fraction of sp³-hybridized carbons (Fsp3) is 0.647. The number of fused-ring (bicyclic) bond motifs is 1. The zero-order valence-corrected chi connectivity index (χ0v) is 12.8. The van der Waals surface area contributed by atoms with Gasteiger partial charge in [0.2, 0.25) is 0 Å². The lowest BCUT2D eigenvalue weighted by Gasteiger charge is -2.42. The topological polar surface area (TPSA) is 47.7 Å². The van der Waals surface area contributed by atoms with Gasteiger partial charge in [0, 0.05) is 24.7 Å². The van der Waals surface area contributed by atoms with E-state index in [9.17, 15) is 0 Å². The number of morpholine rings is 1. The average Bonchev–Trinajstić information content (AvgIpc) is 2.99. The van der Waals surface area contributed by atoms with E-state index in [-0.39, 0.29) is 6.04 Å². The molecule has 1 heterocycles. The Bertz CT molecular complexity index is 466. The summed E-state index contributed by atoms with van der Waals surface area (Å²) in [6, 6.07) is 9.05. The number of para-hydroxylation sites is 1. The highest BCUT2D eigenvalue weighted by Crippen LogP contribution is 2.37. The Hall–Kier alpha value is -1.10. The maximum absolute atomic E-state index is 6.15. The second-order valence-corrected chi connectivity index (χ2v) is 5.87. The number of rotatable bonds is 5. The normalized spacial score (nSPS) is 27.3. The van der Waals surface area contributed by atoms with Crippen molar-refractivity contribution in [2.24, 2.45) is 5.73 Å². The molecule has 1 saturated heterocycles. The summed E-state index contributed by atoms with van der Waals surface area (Å²) in [5, 5.41) is 0. The number of nitrogens with zero attached hydrogens (tertiary/aromatic N) is 1. The molecule has 2 fully saturated rings. The third kappa shape index (κ3) is 2.93. The number of ether oxygens (including phenoxy) is 2. The molecule has 21 heavy (non-hydrogen) atoms. The summed E-state index contributed by atoms with van der Waals surface area (Å²) in [6.45, 7) is 5.10. The van der Waals surface area contributed by atoms with Crippen LogP contribution in [-0.2, 0) is 4.74 Å². The summed E-state index contributed by atoms with van der Waals surface area (Å²) >= 11 is 0. The van der Waals surface area contributed by atoms with Crippen molar-refractivity contribution in [2.45, 2.75) is 44.4 Å². The van der Waals surface area contributed by atoms with Crippen LogP contribution in [0.4, 0.5) is 0 Å². The Labute approximate surface area is 127 Å². The van der Waals surface area contributed by atoms with Crippen LogP contribution >= 0.6 is 0 Å². The van der Waals surface area contributed by atoms with Crippen LogP contribution in [0.5, 0.6) is 5.75 Å². The summed E-state index contributed by atoms with van der Waals surface area (Å²) in [4.78, 5) is 2.55. The Kier molecular flexibility index (Phi) is 4.78. The highest BCUT2D eigenvalue weighted by Gasteiger charge is 2.39. The van der Waals surface area contributed by atoms with Gasteiger partial charge < -0.3 is 15.2 Å². The lowest BCUT2D eigenvalue weighted by atomic mass is 9.99. The van der Waals surface area contributed by atoms with Gasteiger partial charge in [-0.1, -0.05) is 18.2 Å². The van der Waals surface area contributed by atoms with Gasteiger partial charge in [-0.2, -0.15) is 0 Å². The second kappa shape index (κ2) is 6.77. The van der Waals surface area contributed by atoms with Crippen molar-refractivity contribution in [1.29, 1.82) is 0 Å². The molecule has 3 unspecified atom stereocenters. The lowest BCUT2D eigenvalue weighted by Crippen LogP contribution is -2.51. The molecule has 2 N–H and O–H groups in total. The van der Waals surface area contributed by atoms with Crippen LogP contribution in [0.3, 0.4) is 0 Å². The fourth-order valence-electron chi connectivity index (χ4n) is 3.83. The molecule has 3 atom stereocenters. The van der Waals surface area contributed by atoms with Gasteiger partial charge in [0.15, 0.2) is 0 Å². The standard InChI is InChI=1S/C17H26N2O2/c1-2-20-16-8-4-3-6-13(16)15(12-18)19-10-11-21-17-9-5-7-14(17)19/h3-4,6,8,14-15,17H,2,5,7,9-12,18H2,1H3. The van der Waals surface area contributed by atoms with E-state index < -0.39 is 0 Å². The third-order valence-electron chi connectivity index (χ3n) is 4.73. The van der Waals surface area contributed by atoms with E-state index in [0.717, 1.165) is 18.9 Å². The molecule has 0 radical (unpaired) electrons. The Balaban J connectivity index is 1.87. The molecule has 0 amide bonds. The smallest absolute Gasteiger partial charge is 0.124 e. The first-order chi connectivity index (χ1) is 10.3. The van der Waals surface area contributed by atoms with Crippen LogP contribution in [-0.4, -0.2) is 43.3 Å². The molecule has 116 valence electrons. The molecule has 4 nitrogen and oxygen atoms in total. The molecular weight excluding hydrogens is 264 g/mol. The quantitative estimate of drug-likeness (QED) is 0.904. The predicted molar refractivity (Wildman–Crippen MR) is 83.5 cm³/mol. The molecule has 0 bridgehead atoms. The van der Waals surface area contributed by atoms with Crippen LogP contribution in [0.1, 0.15) is 37.8 Å². The number of hydrogen-bond donors (Lipinski definition) is 1. The van der Waals surface area contributed by atoms with Crippen LogP contribution in [0, 0.1) is 0 Å². The minimum Gasteiger partial charge on any atom is -0.494 e. The van der Waals surface area contributed by atoms with Crippen molar-refractivity contribution in [3.05, 3.63) is 29.8 Å². The number of benzene rings is 1. The first-order valence-corrected chi connectivity index (χ1v) is 8.14. The molecule has 1 aliphatic carbocycles. The highest BCUT2D eigenvalue weighted by molar-refractivity contribution is 5.36. The largest absolute Gasteiger partial charge is 0.494 e. The number of nitrogens with two attached hydrogens (primary N) is 1. The molecular formula is C17H26N2O2. The summed E-state index contributed by atoms with van der Waals surface area (Å²) in [5.41, 5.74) is 7.36. The fourth-order valence-corrected chi connectivity index (χ4v) is 3.83. The van der Waals surface area contributed by atoms with Gasteiger partial charge in [-0.25, -0.2) is 0 Å². The molecule has 0 aromatic heterocycles. The van der Waals surface area contributed by atoms with Crippen LogP contribution in [0.15, 0.2) is 24.3 Å². The van der Waals surface area contributed by atoms with E-state index in [4.69, 9.17) is 15.2 Å². The first-order valence-electron chi connectivity index (χ1n) is 8.14. The highest BCUT2D eigenvalue weighted by atomic mass is 16.5. The third-order valence-corrected chi connectivity index (χ3v) is 4.73. The van der Waals surface area contributed by atoms with Crippen LogP contribution in [0.2, 0.25) is 0 Å². The Morgan fingerprint density at radius 3 is 3.05 bits per heavy atom. The van der Waals surface area contributed by atoms with Crippen molar-refractivity contribution in [3.8, 4) is 5.75 Å². The molecule has 1 saturated carbocycles. The molecule has 0 spiro atoms. The molecule has 1 aliphatic heterocycles. The summed E-state index contributed by atoms with van der Waals surface area (Å²) < 4.78 is 11.7.